The van der Waals surface area contributed by atoms with Gasteiger partial charge in [-0.15, -0.1) is 0 Å². The van der Waals surface area contributed by atoms with Gasteiger partial charge in [0.2, 0.25) is 11.8 Å². The van der Waals surface area contributed by atoms with E-state index in [0.717, 1.165) is 31.9 Å². The van der Waals surface area contributed by atoms with E-state index in [1.54, 1.807) is 0 Å². The molecule has 4 N–H and O–H groups in total. The van der Waals surface area contributed by atoms with E-state index in [-0.39, 0.29) is 29.4 Å². The summed E-state index contributed by atoms with van der Waals surface area (Å²) in [5.74, 6) is -0.803. The smallest absolute Gasteiger partial charge is 0.407 e. The Labute approximate surface area is 174 Å². The maximum atomic E-state index is 11.9. The molecule has 2 rings (SSSR count). The van der Waals surface area contributed by atoms with Gasteiger partial charge in [-0.2, -0.15) is 4.98 Å². The molecule has 0 unspecified atom stereocenters. The van der Waals surface area contributed by atoms with Crippen LogP contribution < -0.4 is 16.0 Å². The van der Waals surface area contributed by atoms with Crippen LogP contribution in [0.5, 0.6) is 0 Å². The van der Waals surface area contributed by atoms with Crippen LogP contribution in [0.15, 0.2) is 6.20 Å². The molecule has 12 heteroatoms. The number of alkyl carbamates (subject to hydrolysis) is 1. The number of hydrogen-bond acceptors (Lipinski definition) is 9. The lowest BCUT2D eigenvalue weighted by molar-refractivity contribution is -0.384. The Hall–Kier alpha value is -3.18. The highest BCUT2D eigenvalue weighted by atomic mass is 16.6. The highest BCUT2D eigenvalue weighted by molar-refractivity contribution is 5.72. The quantitative estimate of drug-likeness (QED) is 0.359. The lowest BCUT2D eigenvalue weighted by Crippen LogP contribution is -2.41. The molecule has 1 aliphatic rings. The van der Waals surface area contributed by atoms with Crippen LogP contribution in [0.2, 0.25) is 0 Å². The first kappa shape index (κ1) is 23.1. The molecule has 30 heavy (non-hydrogen) atoms. The highest BCUT2D eigenvalue weighted by Crippen LogP contribution is 2.27. The van der Waals surface area contributed by atoms with Gasteiger partial charge in [0, 0.05) is 12.6 Å². The first-order valence-electron chi connectivity index (χ1n) is 9.74. The Balaban J connectivity index is 1.87. The fourth-order valence-corrected chi connectivity index (χ4v) is 3.11. The number of anilines is 2. The second kappa shape index (κ2) is 10.0. The zero-order valence-electron chi connectivity index (χ0n) is 17.3. The van der Waals surface area contributed by atoms with Crippen LogP contribution in [0.25, 0.3) is 0 Å². The van der Waals surface area contributed by atoms with Crippen molar-refractivity contribution in [3.63, 3.8) is 0 Å². The van der Waals surface area contributed by atoms with E-state index in [4.69, 9.17) is 9.84 Å². The van der Waals surface area contributed by atoms with E-state index in [1.807, 2.05) is 20.8 Å². The van der Waals surface area contributed by atoms with Crippen LogP contribution in [0, 0.1) is 16.0 Å². The molecule has 1 heterocycles. The molecule has 0 aliphatic heterocycles. The zero-order valence-corrected chi connectivity index (χ0v) is 17.3. The molecule has 1 fully saturated rings. The molecule has 1 saturated carbocycles. The molecular formula is C18H28N6O6. The molecule has 0 bridgehead atoms. The Morgan fingerprint density at radius 3 is 2.50 bits per heavy atom. The lowest BCUT2D eigenvalue weighted by atomic mass is 9.86. The number of aliphatic carboxylic acids is 1. The number of carbonyl (C=O) groups excluding carboxylic acids is 1. The van der Waals surface area contributed by atoms with E-state index in [1.165, 1.54) is 0 Å². The number of carboxylic acids is 1. The topological polar surface area (TPSA) is 169 Å². The van der Waals surface area contributed by atoms with Crippen molar-refractivity contribution in [2.75, 3.05) is 23.7 Å². The first-order valence-corrected chi connectivity index (χ1v) is 9.74. The number of ether oxygens (including phenoxy) is 1. The Morgan fingerprint density at radius 2 is 1.93 bits per heavy atom. The fourth-order valence-electron chi connectivity index (χ4n) is 3.11. The number of carbonyl (C=O) groups is 2. The molecule has 0 saturated heterocycles. The normalized spacial score (nSPS) is 18.9. The number of aromatic nitrogens is 2. The van der Waals surface area contributed by atoms with Crippen molar-refractivity contribution in [1.82, 2.24) is 15.3 Å². The van der Waals surface area contributed by atoms with E-state index < -0.39 is 29.1 Å². The summed E-state index contributed by atoms with van der Waals surface area (Å²) in [7, 11) is 0. The third-order valence-corrected chi connectivity index (χ3v) is 4.49. The number of carboxylic acid groups (broad SMARTS) is 1. The number of nitrogens with zero attached hydrogens (tertiary/aromatic N) is 3. The van der Waals surface area contributed by atoms with Gasteiger partial charge in [-0.25, -0.2) is 9.78 Å². The largest absolute Gasteiger partial charge is 0.480 e. The monoisotopic (exact) mass is 424 g/mol. The van der Waals surface area contributed by atoms with E-state index in [2.05, 4.69) is 25.9 Å². The number of nitrogens with one attached hydrogen (secondary N) is 3. The molecule has 0 spiro atoms. The molecular weight excluding hydrogens is 396 g/mol. The van der Waals surface area contributed by atoms with Crippen LogP contribution >= 0.6 is 0 Å². The van der Waals surface area contributed by atoms with Crippen LogP contribution in [-0.4, -0.2) is 56.8 Å². The van der Waals surface area contributed by atoms with Crippen molar-refractivity contribution in [3.05, 3.63) is 16.3 Å². The predicted molar refractivity (Wildman–Crippen MR) is 108 cm³/mol. The van der Waals surface area contributed by atoms with E-state index in [0.29, 0.717) is 6.54 Å². The summed E-state index contributed by atoms with van der Waals surface area (Å²) >= 11 is 0. The molecule has 1 amide bonds. The van der Waals surface area contributed by atoms with Gasteiger partial charge in [-0.1, -0.05) is 0 Å². The molecule has 0 aromatic carbocycles. The first-order chi connectivity index (χ1) is 14.0. The van der Waals surface area contributed by atoms with Crippen molar-refractivity contribution < 1.29 is 24.4 Å². The van der Waals surface area contributed by atoms with Crippen molar-refractivity contribution in [2.24, 2.45) is 5.92 Å². The Morgan fingerprint density at radius 1 is 1.27 bits per heavy atom. The van der Waals surface area contributed by atoms with Crippen molar-refractivity contribution in [3.8, 4) is 0 Å². The fraction of sp³-hybridized carbons (Fsp3) is 0.667. The van der Waals surface area contributed by atoms with Gasteiger partial charge in [-0.3, -0.25) is 14.9 Å². The number of hydrogen-bond donors (Lipinski definition) is 4. The average molecular weight is 424 g/mol. The third kappa shape index (κ3) is 7.68. The molecule has 1 aromatic rings. The van der Waals surface area contributed by atoms with Crippen molar-refractivity contribution >= 4 is 29.5 Å². The van der Waals surface area contributed by atoms with E-state index in [9.17, 15) is 19.7 Å². The highest BCUT2D eigenvalue weighted by Gasteiger charge is 2.26. The second-order valence-electron chi connectivity index (χ2n) is 8.18. The number of rotatable bonds is 8. The molecule has 1 aromatic heterocycles. The van der Waals surface area contributed by atoms with Gasteiger partial charge in [0.1, 0.15) is 18.3 Å². The van der Waals surface area contributed by atoms with Crippen molar-refractivity contribution in [2.45, 2.75) is 58.1 Å². The van der Waals surface area contributed by atoms with Gasteiger partial charge >= 0.3 is 17.7 Å². The summed E-state index contributed by atoms with van der Waals surface area (Å²) in [6.07, 6.45) is 3.84. The molecule has 0 atom stereocenters. The van der Waals surface area contributed by atoms with Gasteiger partial charge in [0.15, 0.2) is 0 Å². The van der Waals surface area contributed by atoms with Crippen LogP contribution in [0.3, 0.4) is 0 Å². The molecule has 166 valence electrons. The third-order valence-electron chi connectivity index (χ3n) is 4.49. The minimum atomic E-state index is -1.09. The van der Waals surface area contributed by atoms with Crippen LogP contribution in [0.4, 0.5) is 22.2 Å². The maximum Gasteiger partial charge on any atom is 0.407 e. The minimum absolute atomic E-state index is 0.00392. The predicted octanol–water partition coefficient (Wildman–Crippen LogP) is 2.38. The zero-order chi connectivity index (χ0) is 22.3. The van der Waals surface area contributed by atoms with Gasteiger partial charge < -0.3 is 25.8 Å². The second-order valence-corrected chi connectivity index (χ2v) is 8.18. The maximum absolute atomic E-state index is 11.9. The molecule has 1 aliphatic carbocycles. The summed E-state index contributed by atoms with van der Waals surface area (Å²) in [5, 5.41) is 28.3. The standard InChI is InChI=1S/C18H28N6O6/c1-18(2,3)30-17(27)22-12-6-4-11(5-7-12)8-19-15-13(24(28)29)9-20-16(23-15)21-10-14(25)26/h9,11-12H,4-8,10H2,1-3H3,(H,22,27)(H,25,26)(H2,19,20,21,23). The van der Waals surface area contributed by atoms with Gasteiger partial charge in [-0.05, 0) is 52.4 Å². The van der Waals surface area contributed by atoms with Crippen LogP contribution in [0.1, 0.15) is 46.5 Å². The SMILES string of the molecule is CC(C)(C)OC(=O)NC1CCC(CNc2nc(NCC(=O)O)ncc2[N+](=O)[O-])CC1. The molecule has 0 radical (unpaired) electrons. The van der Waals surface area contributed by atoms with E-state index >= 15 is 0 Å². The lowest BCUT2D eigenvalue weighted by Gasteiger charge is -2.30. The van der Waals surface area contributed by atoms with Gasteiger partial charge in [0.05, 0.1) is 4.92 Å². The Kier molecular flexibility index (Phi) is 7.72. The summed E-state index contributed by atoms with van der Waals surface area (Å²) in [4.78, 5) is 41.0. The summed E-state index contributed by atoms with van der Waals surface area (Å²) in [6, 6.07) is 0.0382. The summed E-state index contributed by atoms with van der Waals surface area (Å²) in [5.41, 5.74) is -0.827. The number of nitro groups is 1. The minimum Gasteiger partial charge on any atom is -0.480 e. The molecule has 12 nitrogen and oxygen atoms in total. The van der Waals surface area contributed by atoms with Gasteiger partial charge in [0.25, 0.3) is 0 Å². The number of amides is 1. The van der Waals surface area contributed by atoms with Crippen LogP contribution in [-0.2, 0) is 9.53 Å². The van der Waals surface area contributed by atoms with Crippen molar-refractivity contribution in [1.29, 1.82) is 0 Å². The Bertz CT molecular complexity index is 773. The average Bonchev–Trinajstić information content (AvgIpc) is 2.64. The summed E-state index contributed by atoms with van der Waals surface area (Å²) < 4.78 is 5.27. The summed E-state index contributed by atoms with van der Waals surface area (Å²) in [6.45, 7) is 5.50.